The van der Waals surface area contributed by atoms with Gasteiger partial charge >= 0.3 is 5.97 Å². The number of aliphatic hydroxyl groups excluding tert-OH is 2. The number of benzene rings is 1. The normalized spacial score (nSPS) is 39.3. The molecular formula is C20H24O7. The van der Waals surface area contributed by atoms with Crippen molar-refractivity contribution in [3.63, 3.8) is 0 Å². The molecule has 7 heteroatoms. The fourth-order valence-corrected chi connectivity index (χ4v) is 5.11. The van der Waals surface area contributed by atoms with Gasteiger partial charge in [0.25, 0.3) is 0 Å². The SMILES string of the molecule is CC(=O)Oc1cccc2c1C(=O)[C@@H]1C[C@H](O)[C@H](O)[C@H]3OC(C)(C)O[C@@]2(C)[C@@H]31. The Bertz CT molecular complexity index is 817. The van der Waals surface area contributed by atoms with Gasteiger partial charge in [0.05, 0.1) is 17.8 Å². The Morgan fingerprint density at radius 2 is 1.96 bits per heavy atom. The summed E-state index contributed by atoms with van der Waals surface area (Å²) in [6.07, 6.45) is -2.85. The molecule has 1 aliphatic heterocycles. The van der Waals surface area contributed by atoms with Crippen molar-refractivity contribution in [2.75, 3.05) is 0 Å². The number of aliphatic hydroxyl groups is 2. The number of carbonyl (C=O) groups is 2. The monoisotopic (exact) mass is 376 g/mol. The lowest BCUT2D eigenvalue weighted by Gasteiger charge is -2.59. The van der Waals surface area contributed by atoms with Crippen molar-refractivity contribution in [2.45, 2.75) is 63.8 Å². The van der Waals surface area contributed by atoms with Crippen molar-refractivity contribution in [2.24, 2.45) is 11.8 Å². The Hall–Kier alpha value is -1.80. The van der Waals surface area contributed by atoms with Gasteiger partial charge in [-0.2, -0.15) is 0 Å². The summed E-state index contributed by atoms with van der Waals surface area (Å²) in [5.41, 5.74) is -0.0358. The van der Waals surface area contributed by atoms with Gasteiger partial charge < -0.3 is 24.4 Å². The standard InChI is InChI=1S/C20H24O7/c1-9(21)25-13-7-5-6-11-14(13)16(23)10-8-12(22)17(24)18-15(10)20(11,4)27-19(2,3)26-18/h5-7,10,12,15,17-18,22,24H,8H2,1-4H3/t10-,12+,15-,17+,18+,20-/m1/s1. The molecule has 1 aromatic rings. The largest absolute Gasteiger partial charge is 0.426 e. The molecule has 4 rings (SSSR count). The number of hydrogen-bond donors (Lipinski definition) is 2. The Morgan fingerprint density at radius 1 is 1.26 bits per heavy atom. The molecule has 2 fully saturated rings. The van der Waals surface area contributed by atoms with Gasteiger partial charge in [-0.05, 0) is 38.8 Å². The average molecular weight is 376 g/mol. The van der Waals surface area contributed by atoms with Gasteiger partial charge in [0.15, 0.2) is 11.6 Å². The second kappa shape index (κ2) is 5.85. The van der Waals surface area contributed by atoms with Gasteiger partial charge in [0.2, 0.25) is 0 Å². The van der Waals surface area contributed by atoms with Crippen molar-refractivity contribution < 1.29 is 34.0 Å². The zero-order chi connectivity index (χ0) is 19.7. The Kier molecular flexibility index (Phi) is 4.02. The summed E-state index contributed by atoms with van der Waals surface area (Å²) in [7, 11) is 0. The zero-order valence-electron chi connectivity index (χ0n) is 15.8. The van der Waals surface area contributed by atoms with Crippen molar-refractivity contribution in [1.29, 1.82) is 0 Å². The van der Waals surface area contributed by atoms with Crippen LogP contribution in [0.5, 0.6) is 5.75 Å². The zero-order valence-corrected chi connectivity index (χ0v) is 15.8. The molecule has 0 amide bonds. The van der Waals surface area contributed by atoms with Crippen LogP contribution < -0.4 is 4.74 Å². The van der Waals surface area contributed by atoms with E-state index >= 15 is 0 Å². The maximum Gasteiger partial charge on any atom is 0.308 e. The van der Waals surface area contributed by atoms with E-state index in [9.17, 15) is 19.8 Å². The van der Waals surface area contributed by atoms with Crippen LogP contribution in [0.3, 0.4) is 0 Å². The molecule has 0 radical (unpaired) electrons. The molecule has 6 atom stereocenters. The number of esters is 1. The number of Topliss-reactive ketones (excluding diaryl/α,β-unsaturated/α-hetero) is 1. The summed E-state index contributed by atoms with van der Waals surface area (Å²) >= 11 is 0. The molecule has 0 aromatic heterocycles. The Labute approximate surface area is 157 Å². The molecule has 1 saturated carbocycles. The van der Waals surface area contributed by atoms with Crippen molar-refractivity contribution in [3.05, 3.63) is 29.3 Å². The highest BCUT2D eigenvalue weighted by molar-refractivity contribution is 6.04. The first-order valence-electron chi connectivity index (χ1n) is 9.15. The summed E-state index contributed by atoms with van der Waals surface area (Å²) < 4.78 is 17.5. The second-order valence-electron chi connectivity index (χ2n) is 8.25. The number of hydrogen-bond acceptors (Lipinski definition) is 7. The number of rotatable bonds is 1. The van der Waals surface area contributed by atoms with E-state index in [1.165, 1.54) is 6.92 Å². The topological polar surface area (TPSA) is 102 Å². The first-order valence-corrected chi connectivity index (χ1v) is 9.15. The van der Waals surface area contributed by atoms with Crippen molar-refractivity contribution in [3.8, 4) is 5.75 Å². The average Bonchev–Trinajstić information content (AvgIpc) is 2.55. The van der Waals surface area contributed by atoms with E-state index in [2.05, 4.69) is 0 Å². The van der Waals surface area contributed by atoms with Crippen LogP contribution in [0.1, 0.15) is 50.0 Å². The molecule has 2 aliphatic carbocycles. The fourth-order valence-electron chi connectivity index (χ4n) is 5.11. The summed E-state index contributed by atoms with van der Waals surface area (Å²) in [5.74, 6) is -2.67. The lowest BCUT2D eigenvalue weighted by molar-refractivity contribution is -0.386. The molecule has 0 spiro atoms. The molecular weight excluding hydrogens is 352 g/mol. The van der Waals surface area contributed by atoms with Gasteiger partial charge in [-0.1, -0.05) is 12.1 Å². The Morgan fingerprint density at radius 3 is 2.63 bits per heavy atom. The molecule has 1 saturated heterocycles. The number of ketones is 1. The maximum atomic E-state index is 13.3. The molecule has 7 nitrogen and oxygen atoms in total. The quantitative estimate of drug-likeness (QED) is 0.566. The maximum absolute atomic E-state index is 13.3. The second-order valence-corrected chi connectivity index (χ2v) is 8.25. The van der Waals surface area contributed by atoms with Crippen molar-refractivity contribution in [1.82, 2.24) is 0 Å². The van der Waals surface area contributed by atoms with Crippen LogP contribution in [0, 0.1) is 11.8 Å². The van der Waals surface area contributed by atoms with Gasteiger partial charge in [-0.25, -0.2) is 0 Å². The van der Waals surface area contributed by atoms with Gasteiger partial charge in [-0.15, -0.1) is 0 Å². The van der Waals surface area contributed by atoms with E-state index in [0.29, 0.717) is 11.1 Å². The smallest absolute Gasteiger partial charge is 0.308 e. The van der Waals surface area contributed by atoms with Gasteiger partial charge in [0, 0.05) is 18.8 Å². The van der Waals surface area contributed by atoms with Crippen LogP contribution in [-0.4, -0.2) is 46.1 Å². The predicted octanol–water partition coefficient (Wildman–Crippen LogP) is 1.53. The highest BCUT2D eigenvalue weighted by Crippen LogP contribution is 2.57. The minimum atomic E-state index is -1.11. The number of fused-ring (bicyclic) bond motifs is 2. The van der Waals surface area contributed by atoms with E-state index in [-0.39, 0.29) is 18.0 Å². The van der Waals surface area contributed by atoms with Crippen LogP contribution in [0.2, 0.25) is 0 Å². The number of carbonyl (C=O) groups excluding carboxylic acids is 2. The van der Waals surface area contributed by atoms with Crippen LogP contribution in [0.25, 0.3) is 0 Å². The molecule has 2 N–H and O–H groups in total. The highest BCUT2D eigenvalue weighted by Gasteiger charge is 2.64. The summed E-state index contributed by atoms with van der Waals surface area (Å²) in [6.45, 7) is 6.63. The van der Waals surface area contributed by atoms with Crippen LogP contribution in [0.4, 0.5) is 0 Å². The third-order valence-electron chi connectivity index (χ3n) is 5.93. The van der Waals surface area contributed by atoms with Crippen molar-refractivity contribution >= 4 is 11.8 Å². The minimum absolute atomic E-state index is 0.0950. The van der Waals surface area contributed by atoms with Gasteiger partial charge in [0.1, 0.15) is 17.5 Å². The third-order valence-corrected chi connectivity index (χ3v) is 5.93. The summed E-state index contributed by atoms with van der Waals surface area (Å²) in [5, 5.41) is 20.9. The van der Waals surface area contributed by atoms with E-state index in [0.717, 1.165) is 0 Å². The molecule has 3 aliphatic rings. The molecule has 0 unspecified atom stereocenters. The highest BCUT2D eigenvalue weighted by atomic mass is 16.7. The first kappa shape index (κ1) is 18.6. The lowest BCUT2D eigenvalue weighted by Crippen LogP contribution is -2.68. The van der Waals surface area contributed by atoms with E-state index in [1.807, 2.05) is 6.92 Å². The minimum Gasteiger partial charge on any atom is -0.426 e. The first-order chi connectivity index (χ1) is 12.5. The van der Waals surface area contributed by atoms with Crippen LogP contribution in [0.15, 0.2) is 18.2 Å². The molecule has 1 aromatic carbocycles. The molecule has 0 bridgehead atoms. The summed E-state index contributed by atoms with van der Waals surface area (Å²) in [6, 6.07) is 5.08. The fraction of sp³-hybridized carbons (Fsp3) is 0.600. The van der Waals surface area contributed by atoms with E-state index in [1.54, 1.807) is 32.0 Å². The molecule has 1 heterocycles. The van der Waals surface area contributed by atoms with E-state index < -0.39 is 47.5 Å². The van der Waals surface area contributed by atoms with Crippen LogP contribution in [-0.2, 0) is 19.9 Å². The predicted molar refractivity (Wildman–Crippen MR) is 93.1 cm³/mol. The number of ether oxygens (including phenoxy) is 3. The summed E-state index contributed by atoms with van der Waals surface area (Å²) in [4.78, 5) is 24.9. The molecule has 27 heavy (non-hydrogen) atoms. The lowest BCUT2D eigenvalue weighted by atomic mass is 9.58. The van der Waals surface area contributed by atoms with Crippen LogP contribution >= 0.6 is 0 Å². The van der Waals surface area contributed by atoms with E-state index in [4.69, 9.17) is 14.2 Å². The van der Waals surface area contributed by atoms with Gasteiger partial charge in [-0.3, -0.25) is 9.59 Å². The molecule has 146 valence electrons. The third kappa shape index (κ3) is 2.64. The Balaban J connectivity index is 1.95.